The van der Waals surface area contributed by atoms with Crippen molar-refractivity contribution in [2.75, 3.05) is 18.4 Å². The molecule has 1 fully saturated rings. The normalized spacial score (nSPS) is 14.2. The molecule has 1 amide bonds. The maximum atomic E-state index is 12.1. The lowest BCUT2D eigenvalue weighted by Gasteiger charge is -2.10. The topological polar surface area (TPSA) is 41.1 Å². The fraction of sp³-hybridized carbons (Fsp3) is 0.562. The van der Waals surface area contributed by atoms with Crippen molar-refractivity contribution in [3.63, 3.8) is 0 Å². The Morgan fingerprint density at radius 3 is 2.74 bits per heavy atom. The third kappa shape index (κ3) is 4.27. The number of aryl methyl sites for hydroxylation is 1. The number of nitrogens with one attached hydrogen (secondary N) is 2. The first-order chi connectivity index (χ1) is 9.20. The SMILES string of the molecule is CCCNc1ccc(C(=O)NCCC2CC2)c(C)c1. The number of rotatable bonds is 7. The molecule has 0 aliphatic heterocycles. The lowest BCUT2D eigenvalue weighted by Crippen LogP contribution is -2.25. The number of carbonyl (C=O) groups is 1. The predicted molar refractivity (Wildman–Crippen MR) is 79.6 cm³/mol. The van der Waals surface area contributed by atoms with E-state index in [0.717, 1.165) is 48.7 Å². The number of hydrogen-bond donors (Lipinski definition) is 2. The van der Waals surface area contributed by atoms with Crippen LogP contribution in [-0.2, 0) is 0 Å². The molecule has 0 unspecified atom stereocenters. The Morgan fingerprint density at radius 1 is 1.32 bits per heavy atom. The van der Waals surface area contributed by atoms with Gasteiger partial charge in [-0.2, -0.15) is 0 Å². The van der Waals surface area contributed by atoms with Gasteiger partial charge >= 0.3 is 0 Å². The van der Waals surface area contributed by atoms with Crippen LogP contribution in [0.15, 0.2) is 18.2 Å². The van der Waals surface area contributed by atoms with E-state index in [-0.39, 0.29) is 5.91 Å². The number of benzene rings is 1. The quantitative estimate of drug-likeness (QED) is 0.789. The molecule has 1 saturated carbocycles. The molecule has 19 heavy (non-hydrogen) atoms. The van der Waals surface area contributed by atoms with Gasteiger partial charge in [-0.1, -0.05) is 19.8 Å². The van der Waals surface area contributed by atoms with Crippen molar-refractivity contribution in [1.82, 2.24) is 5.32 Å². The molecule has 0 aromatic heterocycles. The van der Waals surface area contributed by atoms with Crippen LogP contribution in [-0.4, -0.2) is 19.0 Å². The van der Waals surface area contributed by atoms with Gasteiger partial charge in [-0.3, -0.25) is 4.79 Å². The van der Waals surface area contributed by atoms with Gasteiger partial charge in [0.05, 0.1) is 0 Å². The van der Waals surface area contributed by atoms with Crippen LogP contribution in [0.1, 0.15) is 48.5 Å². The van der Waals surface area contributed by atoms with E-state index in [0.29, 0.717) is 0 Å². The average molecular weight is 260 g/mol. The summed E-state index contributed by atoms with van der Waals surface area (Å²) in [7, 11) is 0. The van der Waals surface area contributed by atoms with E-state index in [4.69, 9.17) is 0 Å². The monoisotopic (exact) mass is 260 g/mol. The molecule has 0 saturated heterocycles. The van der Waals surface area contributed by atoms with E-state index in [9.17, 15) is 4.79 Å². The zero-order valence-electron chi connectivity index (χ0n) is 12.0. The Hall–Kier alpha value is -1.51. The first-order valence-electron chi connectivity index (χ1n) is 7.33. The largest absolute Gasteiger partial charge is 0.385 e. The van der Waals surface area contributed by atoms with Crippen LogP contribution in [0.2, 0.25) is 0 Å². The molecular formula is C16H24N2O. The Bertz CT molecular complexity index is 438. The molecule has 1 aliphatic carbocycles. The van der Waals surface area contributed by atoms with Gasteiger partial charge in [-0.05, 0) is 49.4 Å². The summed E-state index contributed by atoms with van der Waals surface area (Å²) in [5.74, 6) is 0.919. The summed E-state index contributed by atoms with van der Waals surface area (Å²) in [5, 5.41) is 6.35. The minimum absolute atomic E-state index is 0.0557. The summed E-state index contributed by atoms with van der Waals surface area (Å²) >= 11 is 0. The number of hydrogen-bond acceptors (Lipinski definition) is 2. The lowest BCUT2D eigenvalue weighted by atomic mass is 10.1. The Kier molecular flexibility index (Phi) is 4.83. The smallest absolute Gasteiger partial charge is 0.251 e. The number of carbonyl (C=O) groups excluding carboxylic acids is 1. The van der Waals surface area contributed by atoms with Gasteiger partial charge in [-0.25, -0.2) is 0 Å². The van der Waals surface area contributed by atoms with Crippen molar-refractivity contribution in [3.8, 4) is 0 Å². The molecule has 1 aromatic rings. The standard InChI is InChI=1S/C16H24N2O/c1-3-9-17-14-6-7-15(12(2)11-14)16(19)18-10-8-13-4-5-13/h6-7,11,13,17H,3-5,8-10H2,1-2H3,(H,18,19). The minimum Gasteiger partial charge on any atom is -0.385 e. The molecule has 3 heteroatoms. The summed E-state index contributed by atoms with van der Waals surface area (Å²) in [5.41, 5.74) is 2.91. The van der Waals surface area contributed by atoms with Crippen LogP contribution in [0.25, 0.3) is 0 Å². The van der Waals surface area contributed by atoms with E-state index in [1.807, 2.05) is 25.1 Å². The van der Waals surface area contributed by atoms with Crippen molar-refractivity contribution in [3.05, 3.63) is 29.3 Å². The lowest BCUT2D eigenvalue weighted by molar-refractivity contribution is 0.0952. The molecule has 3 nitrogen and oxygen atoms in total. The van der Waals surface area contributed by atoms with Gasteiger partial charge in [0.25, 0.3) is 5.91 Å². The van der Waals surface area contributed by atoms with Gasteiger partial charge in [0.2, 0.25) is 0 Å². The molecule has 0 bridgehead atoms. The third-order valence-electron chi connectivity index (χ3n) is 3.59. The molecule has 0 heterocycles. The van der Waals surface area contributed by atoms with Crippen LogP contribution >= 0.6 is 0 Å². The maximum Gasteiger partial charge on any atom is 0.251 e. The van der Waals surface area contributed by atoms with Crippen LogP contribution in [0, 0.1) is 12.8 Å². The highest BCUT2D eigenvalue weighted by Crippen LogP contribution is 2.31. The maximum absolute atomic E-state index is 12.1. The highest BCUT2D eigenvalue weighted by atomic mass is 16.1. The zero-order chi connectivity index (χ0) is 13.7. The van der Waals surface area contributed by atoms with Gasteiger partial charge in [0.1, 0.15) is 0 Å². The summed E-state index contributed by atoms with van der Waals surface area (Å²) in [6.45, 7) is 5.90. The number of amides is 1. The Morgan fingerprint density at radius 2 is 2.11 bits per heavy atom. The van der Waals surface area contributed by atoms with Gasteiger partial charge < -0.3 is 10.6 Å². The van der Waals surface area contributed by atoms with Gasteiger partial charge in [0.15, 0.2) is 0 Å². The van der Waals surface area contributed by atoms with Crippen molar-refractivity contribution >= 4 is 11.6 Å². The first kappa shape index (κ1) is 13.9. The zero-order valence-corrected chi connectivity index (χ0v) is 12.0. The van der Waals surface area contributed by atoms with Crippen LogP contribution in [0.3, 0.4) is 0 Å². The second-order valence-electron chi connectivity index (χ2n) is 5.44. The van der Waals surface area contributed by atoms with E-state index < -0.39 is 0 Å². The molecule has 1 aromatic carbocycles. The summed E-state index contributed by atoms with van der Waals surface area (Å²) < 4.78 is 0. The van der Waals surface area contributed by atoms with Crippen molar-refractivity contribution in [1.29, 1.82) is 0 Å². The average Bonchev–Trinajstić information content (AvgIpc) is 3.20. The van der Waals surface area contributed by atoms with Gasteiger partial charge in [0, 0.05) is 24.3 Å². The molecule has 0 radical (unpaired) electrons. The molecule has 2 rings (SSSR count). The van der Waals surface area contributed by atoms with E-state index >= 15 is 0 Å². The van der Waals surface area contributed by atoms with E-state index in [1.165, 1.54) is 12.8 Å². The second kappa shape index (κ2) is 6.60. The van der Waals surface area contributed by atoms with Crippen molar-refractivity contribution in [2.45, 2.75) is 39.5 Å². The second-order valence-corrected chi connectivity index (χ2v) is 5.44. The summed E-state index contributed by atoms with van der Waals surface area (Å²) in [6.07, 6.45) is 4.91. The van der Waals surface area contributed by atoms with Crippen molar-refractivity contribution in [2.24, 2.45) is 5.92 Å². The third-order valence-corrected chi connectivity index (χ3v) is 3.59. The number of anilines is 1. The van der Waals surface area contributed by atoms with Crippen LogP contribution in [0.4, 0.5) is 5.69 Å². The summed E-state index contributed by atoms with van der Waals surface area (Å²) in [4.78, 5) is 12.1. The predicted octanol–water partition coefficient (Wildman–Crippen LogP) is 3.35. The molecule has 0 spiro atoms. The molecule has 1 aliphatic rings. The van der Waals surface area contributed by atoms with Crippen molar-refractivity contribution < 1.29 is 4.79 Å². The fourth-order valence-corrected chi connectivity index (χ4v) is 2.19. The van der Waals surface area contributed by atoms with E-state index in [2.05, 4.69) is 17.6 Å². The van der Waals surface area contributed by atoms with Gasteiger partial charge in [-0.15, -0.1) is 0 Å². The van der Waals surface area contributed by atoms with Crippen LogP contribution < -0.4 is 10.6 Å². The summed E-state index contributed by atoms with van der Waals surface area (Å²) in [6, 6.07) is 5.95. The van der Waals surface area contributed by atoms with Crippen LogP contribution in [0.5, 0.6) is 0 Å². The first-order valence-corrected chi connectivity index (χ1v) is 7.33. The Labute approximate surface area is 115 Å². The molecule has 104 valence electrons. The highest BCUT2D eigenvalue weighted by molar-refractivity contribution is 5.96. The van der Waals surface area contributed by atoms with E-state index in [1.54, 1.807) is 0 Å². The fourth-order valence-electron chi connectivity index (χ4n) is 2.19. The Balaban J connectivity index is 1.88. The molecular weight excluding hydrogens is 236 g/mol. The minimum atomic E-state index is 0.0557. The highest BCUT2D eigenvalue weighted by Gasteiger charge is 2.20. The molecule has 0 atom stereocenters. The molecule has 2 N–H and O–H groups in total.